The van der Waals surface area contributed by atoms with Gasteiger partial charge in [-0.05, 0) is 18.9 Å². The van der Waals surface area contributed by atoms with Crippen LogP contribution in [-0.2, 0) is 11.3 Å². The number of hydrogen-bond acceptors (Lipinski definition) is 5. The van der Waals surface area contributed by atoms with Crippen LogP contribution in [0.5, 0.6) is 0 Å². The highest BCUT2D eigenvalue weighted by molar-refractivity contribution is 5.80. The number of nitro groups is 1. The molecule has 1 N–H and O–H groups in total. The van der Waals surface area contributed by atoms with Gasteiger partial charge in [-0.15, -0.1) is 0 Å². The van der Waals surface area contributed by atoms with Gasteiger partial charge in [0.2, 0.25) is 5.91 Å². The van der Waals surface area contributed by atoms with Gasteiger partial charge >= 0.3 is 5.76 Å². The Bertz CT molecular complexity index is 801. The summed E-state index contributed by atoms with van der Waals surface area (Å²) >= 11 is 0. The molecule has 3 rings (SSSR count). The van der Waals surface area contributed by atoms with Crippen molar-refractivity contribution < 1.29 is 14.1 Å². The van der Waals surface area contributed by atoms with Gasteiger partial charge in [-0.25, -0.2) is 4.79 Å². The van der Waals surface area contributed by atoms with Crippen LogP contribution in [0.2, 0.25) is 0 Å². The number of rotatable bonds is 4. The summed E-state index contributed by atoms with van der Waals surface area (Å²) in [5.41, 5.74) is 0.328. The average Bonchev–Trinajstić information content (AvgIpc) is 2.83. The zero-order chi connectivity index (χ0) is 16.4. The Labute approximate surface area is 131 Å². The first-order chi connectivity index (χ1) is 11.0. The molecule has 0 atom stereocenters. The molecule has 0 spiro atoms. The van der Waals surface area contributed by atoms with Crippen LogP contribution in [0.1, 0.15) is 32.1 Å². The fourth-order valence-corrected chi connectivity index (χ4v) is 2.98. The Hall–Kier alpha value is -2.64. The number of fused-ring (bicyclic) bond motifs is 1. The highest BCUT2D eigenvalue weighted by atomic mass is 16.6. The SMILES string of the molecule is O=C(Cn1c(=O)oc2ccc([N+](=O)[O-])cc21)NC1CCCCC1. The zero-order valence-electron chi connectivity index (χ0n) is 12.5. The fraction of sp³-hybridized carbons (Fsp3) is 0.467. The molecular formula is C15H17N3O5. The van der Waals surface area contributed by atoms with E-state index in [-0.39, 0.29) is 35.3 Å². The third-order valence-electron chi connectivity index (χ3n) is 4.13. The van der Waals surface area contributed by atoms with Crippen LogP contribution in [0.4, 0.5) is 5.69 Å². The molecule has 1 heterocycles. The number of hydrogen-bond donors (Lipinski definition) is 1. The van der Waals surface area contributed by atoms with E-state index >= 15 is 0 Å². The second kappa shape index (κ2) is 6.23. The number of oxazole rings is 1. The monoisotopic (exact) mass is 319 g/mol. The lowest BCUT2D eigenvalue weighted by Gasteiger charge is -2.22. The maximum atomic E-state index is 12.1. The van der Waals surface area contributed by atoms with E-state index in [1.165, 1.54) is 24.6 Å². The van der Waals surface area contributed by atoms with Crippen molar-refractivity contribution >= 4 is 22.7 Å². The molecule has 1 fully saturated rings. The molecule has 1 amide bonds. The predicted octanol–water partition coefficient (Wildman–Crippen LogP) is 1.95. The van der Waals surface area contributed by atoms with Crippen molar-refractivity contribution in [3.63, 3.8) is 0 Å². The Morgan fingerprint density at radius 1 is 1.35 bits per heavy atom. The largest absolute Gasteiger partial charge is 0.420 e. The minimum Gasteiger partial charge on any atom is -0.408 e. The Morgan fingerprint density at radius 3 is 2.78 bits per heavy atom. The molecule has 8 nitrogen and oxygen atoms in total. The number of non-ortho nitro benzene ring substituents is 1. The highest BCUT2D eigenvalue weighted by Crippen LogP contribution is 2.20. The van der Waals surface area contributed by atoms with Gasteiger partial charge in [0.25, 0.3) is 5.69 Å². The Kier molecular flexibility index (Phi) is 4.14. The quantitative estimate of drug-likeness (QED) is 0.684. The van der Waals surface area contributed by atoms with Crippen molar-refractivity contribution in [2.45, 2.75) is 44.7 Å². The highest BCUT2D eigenvalue weighted by Gasteiger charge is 2.19. The number of nitro benzene ring substituents is 1. The molecule has 1 aliphatic rings. The molecule has 0 radical (unpaired) electrons. The topological polar surface area (TPSA) is 107 Å². The zero-order valence-corrected chi connectivity index (χ0v) is 12.5. The molecule has 1 saturated carbocycles. The van der Waals surface area contributed by atoms with Crippen LogP contribution < -0.4 is 11.1 Å². The number of carbonyl (C=O) groups is 1. The second-order valence-corrected chi connectivity index (χ2v) is 5.77. The number of carbonyl (C=O) groups excluding carboxylic acids is 1. The minimum atomic E-state index is -0.695. The van der Waals surface area contributed by atoms with E-state index in [1.54, 1.807) is 0 Å². The first kappa shape index (κ1) is 15.3. The number of benzene rings is 1. The van der Waals surface area contributed by atoms with E-state index in [4.69, 9.17) is 4.42 Å². The van der Waals surface area contributed by atoms with Crippen LogP contribution in [0.3, 0.4) is 0 Å². The summed E-state index contributed by atoms with van der Waals surface area (Å²) in [6.45, 7) is -0.205. The summed E-state index contributed by atoms with van der Waals surface area (Å²) in [5.74, 6) is -0.979. The van der Waals surface area contributed by atoms with Crippen molar-refractivity contribution in [3.8, 4) is 0 Å². The van der Waals surface area contributed by atoms with Gasteiger partial charge in [0.05, 0.1) is 10.4 Å². The van der Waals surface area contributed by atoms with E-state index in [0.717, 1.165) is 30.3 Å². The molecule has 122 valence electrons. The first-order valence-electron chi connectivity index (χ1n) is 7.62. The normalized spacial score (nSPS) is 15.7. The molecule has 2 aromatic rings. The number of nitrogens with zero attached hydrogens (tertiary/aromatic N) is 2. The van der Waals surface area contributed by atoms with Crippen molar-refractivity contribution in [3.05, 3.63) is 38.9 Å². The van der Waals surface area contributed by atoms with Gasteiger partial charge < -0.3 is 9.73 Å². The summed E-state index contributed by atoms with van der Waals surface area (Å²) in [6, 6.07) is 4.01. The molecule has 0 aliphatic heterocycles. The lowest BCUT2D eigenvalue weighted by Crippen LogP contribution is -2.39. The minimum absolute atomic E-state index is 0.138. The summed E-state index contributed by atoms with van der Waals surface area (Å²) in [5, 5.41) is 13.8. The third-order valence-corrected chi connectivity index (χ3v) is 4.13. The van der Waals surface area contributed by atoms with Gasteiger partial charge in [0, 0.05) is 18.2 Å². The number of amides is 1. The van der Waals surface area contributed by atoms with E-state index in [0.29, 0.717) is 0 Å². The number of aromatic nitrogens is 1. The van der Waals surface area contributed by atoms with Gasteiger partial charge in [-0.3, -0.25) is 19.5 Å². The van der Waals surface area contributed by atoms with E-state index < -0.39 is 10.7 Å². The van der Waals surface area contributed by atoms with Crippen LogP contribution >= 0.6 is 0 Å². The van der Waals surface area contributed by atoms with E-state index in [9.17, 15) is 19.7 Å². The first-order valence-corrected chi connectivity index (χ1v) is 7.62. The maximum absolute atomic E-state index is 12.1. The predicted molar refractivity (Wildman–Crippen MR) is 82.1 cm³/mol. The third kappa shape index (κ3) is 3.25. The lowest BCUT2D eigenvalue weighted by atomic mass is 9.95. The van der Waals surface area contributed by atoms with Gasteiger partial charge in [0.15, 0.2) is 5.58 Å². The van der Waals surface area contributed by atoms with E-state index in [1.807, 2.05) is 0 Å². The van der Waals surface area contributed by atoms with Crippen molar-refractivity contribution in [2.75, 3.05) is 0 Å². The molecule has 1 aromatic carbocycles. The summed E-state index contributed by atoms with van der Waals surface area (Å²) in [7, 11) is 0. The Balaban J connectivity index is 1.82. The van der Waals surface area contributed by atoms with Crippen LogP contribution in [0, 0.1) is 10.1 Å². The van der Waals surface area contributed by atoms with Gasteiger partial charge in [0.1, 0.15) is 6.54 Å². The van der Waals surface area contributed by atoms with Crippen LogP contribution in [-0.4, -0.2) is 21.4 Å². The van der Waals surface area contributed by atoms with Crippen molar-refractivity contribution in [1.29, 1.82) is 0 Å². The standard InChI is InChI=1S/C15H17N3O5/c19-14(16-10-4-2-1-3-5-10)9-17-12-8-11(18(21)22)6-7-13(12)23-15(17)20/h6-8,10H,1-5,9H2,(H,16,19). The van der Waals surface area contributed by atoms with Gasteiger partial charge in [-0.1, -0.05) is 19.3 Å². The fourth-order valence-electron chi connectivity index (χ4n) is 2.98. The average molecular weight is 319 g/mol. The van der Waals surface area contributed by atoms with E-state index in [2.05, 4.69) is 5.32 Å². The second-order valence-electron chi connectivity index (χ2n) is 5.77. The molecule has 0 saturated heterocycles. The van der Waals surface area contributed by atoms with Crippen LogP contribution in [0.25, 0.3) is 11.1 Å². The maximum Gasteiger partial charge on any atom is 0.420 e. The smallest absolute Gasteiger partial charge is 0.408 e. The molecule has 1 aliphatic carbocycles. The number of nitrogens with one attached hydrogen (secondary N) is 1. The molecule has 1 aromatic heterocycles. The van der Waals surface area contributed by atoms with Crippen LogP contribution in [0.15, 0.2) is 27.4 Å². The molecule has 0 unspecified atom stereocenters. The molecule has 8 heteroatoms. The summed E-state index contributed by atoms with van der Waals surface area (Å²) < 4.78 is 6.15. The van der Waals surface area contributed by atoms with Crippen molar-refractivity contribution in [2.24, 2.45) is 0 Å². The van der Waals surface area contributed by atoms with Gasteiger partial charge in [-0.2, -0.15) is 0 Å². The molecule has 23 heavy (non-hydrogen) atoms. The Morgan fingerprint density at radius 2 is 2.09 bits per heavy atom. The lowest BCUT2D eigenvalue weighted by molar-refractivity contribution is -0.384. The summed E-state index contributed by atoms with van der Waals surface area (Å²) in [6.07, 6.45) is 5.25. The van der Waals surface area contributed by atoms with Crippen molar-refractivity contribution in [1.82, 2.24) is 9.88 Å². The molecule has 0 bridgehead atoms. The molecular weight excluding hydrogens is 302 g/mol. The summed E-state index contributed by atoms with van der Waals surface area (Å²) in [4.78, 5) is 34.3.